The van der Waals surface area contributed by atoms with Gasteiger partial charge < -0.3 is 9.47 Å². The molecule has 0 atom stereocenters. The molecule has 0 aliphatic carbocycles. The molecule has 0 aliphatic rings. The summed E-state index contributed by atoms with van der Waals surface area (Å²) in [6.07, 6.45) is -0.100. The monoisotopic (exact) mass is 521 g/mol. The fourth-order valence-corrected chi connectivity index (χ4v) is 3.29. The molecule has 2 aromatic carbocycles. The van der Waals surface area contributed by atoms with Crippen LogP contribution in [0.2, 0.25) is 0 Å². The average Bonchev–Trinajstić information content (AvgIpc) is 2.71. The Labute approximate surface area is 202 Å². The van der Waals surface area contributed by atoms with Gasteiger partial charge in [-0.25, -0.2) is 0 Å². The molecule has 172 valence electrons. The van der Waals surface area contributed by atoms with Gasteiger partial charge >= 0.3 is 0 Å². The van der Waals surface area contributed by atoms with Crippen molar-refractivity contribution in [3.8, 4) is 11.5 Å². The molecule has 0 aliphatic heterocycles. The predicted molar refractivity (Wildman–Crippen MR) is 132 cm³/mol. The Morgan fingerprint density at radius 1 is 1.03 bits per heavy atom. The number of hydrogen-bond donors (Lipinski definition) is 3. The molecular formula is C23H28BrN3O4S. The van der Waals surface area contributed by atoms with Crippen molar-refractivity contribution in [3.63, 3.8) is 0 Å². The van der Waals surface area contributed by atoms with Gasteiger partial charge in [0.15, 0.2) is 11.7 Å². The Hall–Kier alpha value is -2.65. The lowest BCUT2D eigenvalue weighted by molar-refractivity contribution is -0.123. The Kier molecular flexibility index (Phi) is 9.46. The number of hydrogen-bond acceptors (Lipinski definition) is 5. The van der Waals surface area contributed by atoms with Gasteiger partial charge in [0.05, 0.1) is 11.7 Å². The molecule has 0 saturated carbocycles. The second kappa shape index (κ2) is 11.8. The van der Waals surface area contributed by atoms with Crippen LogP contribution in [0.4, 0.5) is 0 Å². The first-order chi connectivity index (χ1) is 15.1. The van der Waals surface area contributed by atoms with Crippen molar-refractivity contribution in [1.82, 2.24) is 16.2 Å². The van der Waals surface area contributed by atoms with Crippen LogP contribution in [0.5, 0.6) is 11.5 Å². The van der Waals surface area contributed by atoms with E-state index >= 15 is 0 Å². The van der Waals surface area contributed by atoms with E-state index in [1.807, 2.05) is 39.0 Å². The maximum Gasteiger partial charge on any atom is 0.276 e. The SMILES string of the molecule is Cc1ccc(C(C)C)c(OCC(=O)NNC(=S)NC(=O)c2cc(Br)ccc2OC(C)C)c1. The first-order valence-electron chi connectivity index (χ1n) is 10.2. The maximum atomic E-state index is 12.6. The van der Waals surface area contributed by atoms with E-state index in [9.17, 15) is 9.59 Å². The molecule has 32 heavy (non-hydrogen) atoms. The fraction of sp³-hybridized carbons (Fsp3) is 0.348. The number of rotatable bonds is 7. The van der Waals surface area contributed by atoms with Crippen molar-refractivity contribution >= 4 is 45.1 Å². The van der Waals surface area contributed by atoms with Crippen molar-refractivity contribution in [2.75, 3.05) is 6.61 Å². The molecule has 0 fully saturated rings. The number of thiocarbonyl (C=S) groups is 1. The molecule has 7 nitrogen and oxygen atoms in total. The van der Waals surface area contributed by atoms with E-state index in [1.165, 1.54) is 0 Å². The number of nitrogens with one attached hydrogen (secondary N) is 3. The quantitative estimate of drug-likeness (QED) is 0.370. The van der Waals surface area contributed by atoms with Crippen LogP contribution >= 0.6 is 28.1 Å². The topological polar surface area (TPSA) is 88.7 Å². The van der Waals surface area contributed by atoms with E-state index in [1.54, 1.807) is 18.2 Å². The minimum atomic E-state index is -0.466. The zero-order valence-electron chi connectivity index (χ0n) is 18.7. The van der Waals surface area contributed by atoms with Gasteiger partial charge in [-0.05, 0) is 74.3 Å². The third kappa shape index (κ3) is 7.80. The van der Waals surface area contributed by atoms with E-state index in [0.717, 1.165) is 15.6 Å². The van der Waals surface area contributed by atoms with Gasteiger partial charge in [0.25, 0.3) is 11.8 Å². The highest BCUT2D eigenvalue weighted by Crippen LogP contribution is 2.27. The van der Waals surface area contributed by atoms with Gasteiger partial charge in [-0.2, -0.15) is 0 Å². The molecule has 0 aromatic heterocycles. The second-order valence-electron chi connectivity index (χ2n) is 7.75. The number of aryl methyl sites for hydroxylation is 1. The molecule has 0 unspecified atom stereocenters. The molecule has 2 amide bonds. The predicted octanol–water partition coefficient (Wildman–Crippen LogP) is 4.38. The summed E-state index contributed by atoms with van der Waals surface area (Å²) in [5.74, 6) is 0.450. The summed E-state index contributed by atoms with van der Waals surface area (Å²) in [4.78, 5) is 24.8. The van der Waals surface area contributed by atoms with Crippen LogP contribution < -0.4 is 25.6 Å². The minimum Gasteiger partial charge on any atom is -0.490 e. The zero-order chi connectivity index (χ0) is 23.8. The van der Waals surface area contributed by atoms with Crippen LogP contribution in [-0.4, -0.2) is 29.6 Å². The van der Waals surface area contributed by atoms with E-state index in [0.29, 0.717) is 17.1 Å². The van der Waals surface area contributed by atoms with E-state index in [2.05, 4.69) is 45.9 Å². The highest BCUT2D eigenvalue weighted by Gasteiger charge is 2.16. The van der Waals surface area contributed by atoms with Gasteiger partial charge in [-0.3, -0.25) is 25.8 Å². The summed E-state index contributed by atoms with van der Waals surface area (Å²) in [6, 6.07) is 11.0. The van der Waals surface area contributed by atoms with Crippen molar-refractivity contribution in [3.05, 3.63) is 57.6 Å². The average molecular weight is 522 g/mol. The van der Waals surface area contributed by atoms with Crippen molar-refractivity contribution in [1.29, 1.82) is 0 Å². The molecular weight excluding hydrogens is 494 g/mol. The highest BCUT2D eigenvalue weighted by molar-refractivity contribution is 9.10. The lowest BCUT2D eigenvalue weighted by atomic mass is 10.0. The molecule has 0 bridgehead atoms. The van der Waals surface area contributed by atoms with E-state index < -0.39 is 11.8 Å². The Morgan fingerprint density at radius 2 is 1.75 bits per heavy atom. The lowest BCUT2D eigenvalue weighted by Crippen LogP contribution is -2.49. The molecule has 0 saturated heterocycles. The van der Waals surface area contributed by atoms with E-state index in [-0.39, 0.29) is 23.7 Å². The first kappa shape index (κ1) is 25.6. The Morgan fingerprint density at radius 3 is 2.41 bits per heavy atom. The number of ether oxygens (including phenoxy) is 2. The molecule has 2 aromatic rings. The number of benzene rings is 2. The molecule has 3 N–H and O–H groups in total. The van der Waals surface area contributed by atoms with Crippen LogP contribution in [0, 0.1) is 6.92 Å². The zero-order valence-corrected chi connectivity index (χ0v) is 21.1. The summed E-state index contributed by atoms with van der Waals surface area (Å²) >= 11 is 8.46. The smallest absolute Gasteiger partial charge is 0.276 e. The van der Waals surface area contributed by atoms with Crippen LogP contribution in [0.25, 0.3) is 0 Å². The number of carbonyl (C=O) groups is 2. The number of halogens is 1. The van der Waals surface area contributed by atoms with Crippen LogP contribution in [-0.2, 0) is 4.79 Å². The number of hydrazine groups is 1. The Bertz CT molecular complexity index is 995. The highest BCUT2D eigenvalue weighted by atomic mass is 79.9. The van der Waals surface area contributed by atoms with Gasteiger partial charge in [0.1, 0.15) is 11.5 Å². The van der Waals surface area contributed by atoms with Gasteiger partial charge in [-0.1, -0.05) is 41.9 Å². The van der Waals surface area contributed by atoms with Crippen LogP contribution in [0.15, 0.2) is 40.9 Å². The summed E-state index contributed by atoms with van der Waals surface area (Å²) in [6.45, 7) is 9.61. The van der Waals surface area contributed by atoms with E-state index in [4.69, 9.17) is 21.7 Å². The first-order valence-corrected chi connectivity index (χ1v) is 11.4. The molecule has 2 rings (SSSR count). The largest absolute Gasteiger partial charge is 0.490 e. The number of amides is 2. The normalized spacial score (nSPS) is 10.6. The molecule has 0 heterocycles. The lowest BCUT2D eigenvalue weighted by Gasteiger charge is -2.16. The number of carbonyl (C=O) groups excluding carboxylic acids is 2. The van der Waals surface area contributed by atoms with Gasteiger partial charge in [0.2, 0.25) is 0 Å². The van der Waals surface area contributed by atoms with Crippen LogP contribution in [0.1, 0.15) is 55.1 Å². The summed E-state index contributed by atoms with van der Waals surface area (Å²) < 4.78 is 12.1. The molecule has 0 spiro atoms. The summed E-state index contributed by atoms with van der Waals surface area (Å²) in [7, 11) is 0. The van der Waals surface area contributed by atoms with Crippen molar-refractivity contribution in [2.24, 2.45) is 0 Å². The standard InChI is InChI=1S/C23H28BrN3O4S/c1-13(2)17-8-6-15(5)10-20(17)30-12-21(28)26-27-23(32)25-22(29)18-11-16(24)7-9-19(18)31-14(3)4/h6-11,13-14H,12H2,1-5H3,(H,26,28)(H2,25,27,29,32). The summed E-state index contributed by atoms with van der Waals surface area (Å²) in [5.41, 5.74) is 7.31. The minimum absolute atomic E-state index is 0.0581. The van der Waals surface area contributed by atoms with Gasteiger partial charge in [-0.15, -0.1) is 0 Å². The second-order valence-corrected chi connectivity index (χ2v) is 9.07. The summed E-state index contributed by atoms with van der Waals surface area (Å²) in [5, 5.41) is 2.46. The molecule has 0 radical (unpaired) electrons. The molecule has 9 heteroatoms. The maximum absolute atomic E-state index is 12.6. The fourth-order valence-electron chi connectivity index (χ4n) is 2.79. The third-order valence-electron chi connectivity index (χ3n) is 4.24. The van der Waals surface area contributed by atoms with Crippen molar-refractivity contribution in [2.45, 2.75) is 46.6 Å². The van der Waals surface area contributed by atoms with Gasteiger partial charge in [0, 0.05) is 4.47 Å². The Balaban J connectivity index is 1.90. The third-order valence-corrected chi connectivity index (χ3v) is 4.94. The van der Waals surface area contributed by atoms with Crippen molar-refractivity contribution < 1.29 is 19.1 Å². The van der Waals surface area contributed by atoms with Crippen LogP contribution in [0.3, 0.4) is 0 Å².